The number of hydrogen-bond donors (Lipinski definition) is 0. The Balaban J connectivity index is 2.27. The van der Waals surface area contributed by atoms with E-state index in [-0.39, 0.29) is 5.69 Å². The number of halogens is 1. The van der Waals surface area contributed by atoms with Gasteiger partial charge in [0.15, 0.2) is 0 Å². The van der Waals surface area contributed by atoms with Crippen LogP contribution in [0, 0.1) is 10.1 Å². The highest BCUT2D eigenvalue weighted by atomic mass is 79.9. The van der Waals surface area contributed by atoms with Gasteiger partial charge in [-0.25, -0.2) is 4.98 Å². The smallest absolute Gasteiger partial charge is 0.270 e. The van der Waals surface area contributed by atoms with Crippen LogP contribution in [-0.2, 0) is 13.0 Å². The fraction of sp³-hybridized carbons (Fsp3) is 0.250. The van der Waals surface area contributed by atoms with Crippen LogP contribution < -0.4 is 0 Å². The topological polar surface area (TPSA) is 61.0 Å². The second-order valence-electron chi connectivity index (χ2n) is 3.86. The molecule has 1 aromatic carbocycles. The second-order valence-corrected chi connectivity index (χ2v) is 4.71. The zero-order valence-electron chi connectivity index (χ0n) is 9.84. The van der Waals surface area contributed by atoms with Crippen molar-refractivity contribution in [1.29, 1.82) is 0 Å². The highest BCUT2D eigenvalue weighted by molar-refractivity contribution is 9.10. The number of rotatable bonds is 4. The van der Waals surface area contributed by atoms with Crippen LogP contribution in [0.5, 0.6) is 0 Å². The standard InChI is InChI=1S/C12H12BrN3O2/c1-2-12-14-5-6-15(12)8-9-3-4-10(16(17)18)7-11(9)13/h3-7H,2,8H2,1H3. The van der Waals surface area contributed by atoms with Crippen LogP contribution in [0.1, 0.15) is 18.3 Å². The molecule has 0 unspecified atom stereocenters. The number of hydrogen-bond acceptors (Lipinski definition) is 3. The van der Waals surface area contributed by atoms with Gasteiger partial charge in [0.2, 0.25) is 0 Å². The first-order valence-corrected chi connectivity index (χ1v) is 6.34. The van der Waals surface area contributed by atoms with Crippen molar-refractivity contribution in [3.63, 3.8) is 0 Å². The largest absolute Gasteiger partial charge is 0.330 e. The van der Waals surface area contributed by atoms with E-state index in [1.54, 1.807) is 12.3 Å². The first-order valence-electron chi connectivity index (χ1n) is 5.54. The molecule has 2 aromatic rings. The van der Waals surface area contributed by atoms with E-state index in [0.29, 0.717) is 6.54 Å². The number of non-ortho nitro benzene ring substituents is 1. The van der Waals surface area contributed by atoms with E-state index in [0.717, 1.165) is 22.3 Å². The van der Waals surface area contributed by atoms with Gasteiger partial charge >= 0.3 is 0 Å². The highest BCUT2D eigenvalue weighted by Gasteiger charge is 2.10. The van der Waals surface area contributed by atoms with Gasteiger partial charge in [-0.15, -0.1) is 0 Å². The summed E-state index contributed by atoms with van der Waals surface area (Å²) in [5.41, 5.74) is 1.08. The van der Waals surface area contributed by atoms with Crippen LogP contribution in [0.2, 0.25) is 0 Å². The number of imidazole rings is 1. The summed E-state index contributed by atoms with van der Waals surface area (Å²) in [6, 6.07) is 4.81. The van der Waals surface area contributed by atoms with Gasteiger partial charge in [-0.3, -0.25) is 10.1 Å². The van der Waals surface area contributed by atoms with Gasteiger partial charge in [0.1, 0.15) is 5.82 Å². The molecule has 0 radical (unpaired) electrons. The van der Waals surface area contributed by atoms with E-state index >= 15 is 0 Å². The Bertz CT molecular complexity index is 580. The van der Waals surface area contributed by atoms with Crippen molar-refractivity contribution in [2.24, 2.45) is 0 Å². The lowest BCUT2D eigenvalue weighted by Crippen LogP contribution is -2.04. The molecule has 6 heteroatoms. The average Bonchev–Trinajstić information content (AvgIpc) is 2.78. The zero-order chi connectivity index (χ0) is 13.1. The molecule has 5 nitrogen and oxygen atoms in total. The maximum atomic E-state index is 10.7. The number of nitrogens with zero attached hydrogens (tertiary/aromatic N) is 3. The Morgan fingerprint density at radius 1 is 1.50 bits per heavy atom. The molecule has 0 aliphatic rings. The third-order valence-corrected chi connectivity index (χ3v) is 3.44. The number of benzene rings is 1. The van der Waals surface area contributed by atoms with E-state index in [4.69, 9.17) is 0 Å². The summed E-state index contributed by atoms with van der Waals surface area (Å²) in [6.45, 7) is 2.70. The van der Waals surface area contributed by atoms with E-state index in [1.165, 1.54) is 12.1 Å². The molecular formula is C12H12BrN3O2. The minimum atomic E-state index is -0.400. The third-order valence-electron chi connectivity index (χ3n) is 2.71. The molecule has 0 bridgehead atoms. The van der Waals surface area contributed by atoms with E-state index in [9.17, 15) is 10.1 Å². The predicted octanol–water partition coefficient (Wildman–Crippen LogP) is 3.16. The first-order chi connectivity index (χ1) is 8.61. The SMILES string of the molecule is CCc1nccn1Cc1ccc([N+](=O)[O-])cc1Br. The lowest BCUT2D eigenvalue weighted by atomic mass is 10.2. The Morgan fingerprint density at radius 3 is 2.89 bits per heavy atom. The lowest BCUT2D eigenvalue weighted by Gasteiger charge is -2.08. The van der Waals surface area contributed by atoms with E-state index in [1.807, 2.05) is 17.7 Å². The summed E-state index contributed by atoms with van der Waals surface area (Å²) in [5.74, 6) is 1.00. The monoisotopic (exact) mass is 309 g/mol. The van der Waals surface area contributed by atoms with Crippen molar-refractivity contribution < 1.29 is 4.92 Å². The van der Waals surface area contributed by atoms with Crippen molar-refractivity contribution in [3.8, 4) is 0 Å². The summed E-state index contributed by atoms with van der Waals surface area (Å²) in [5, 5.41) is 10.7. The maximum absolute atomic E-state index is 10.7. The van der Waals surface area contributed by atoms with Crippen molar-refractivity contribution in [3.05, 3.63) is 56.6 Å². The normalized spacial score (nSPS) is 10.6. The number of aromatic nitrogens is 2. The fourth-order valence-corrected chi connectivity index (χ4v) is 2.25. The van der Waals surface area contributed by atoms with Crippen molar-refractivity contribution in [1.82, 2.24) is 9.55 Å². The van der Waals surface area contributed by atoms with Gasteiger partial charge in [0, 0.05) is 42.0 Å². The second kappa shape index (κ2) is 5.30. The first kappa shape index (κ1) is 12.8. The van der Waals surface area contributed by atoms with Gasteiger partial charge in [0.25, 0.3) is 5.69 Å². The van der Waals surface area contributed by atoms with Gasteiger partial charge < -0.3 is 4.57 Å². The molecule has 1 heterocycles. The number of nitro groups is 1. The Hall–Kier alpha value is -1.69. The van der Waals surface area contributed by atoms with E-state index in [2.05, 4.69) is 20.9 Å². The third kappa shape index (κ3) is 2.59. The van der Waals surface area contributed by atoms with Gasteiger partial charge in [-0.1, -0.05) is 22.9 Å². The molecule has 0 saturated heterocycles. The molecule has 94 valence electrons. The van der Waals surface area contributed by atoms with Crippen molar-refractivity contribution in [2.75, 3.05) is 0 Å². The summed E-state index contributed by atoms with van der Waals surface area (Å²) in [4.78, 5) is 14.5. The Kier molecular flexibility index (Phi) is 3.76. The fourth-order valence-electron chi connectivity index (χ4n) is 1.76. The molecule has 0 aliphatic carbocycles. The van der Waals surface area contributed by atoms with Crippen LogP contribution >= 0.6 is 15.9 Å². The van der Waals surface area contributed by atoms with Crippen LogP contribution in [0.25, 0.3) is 0 Å². The molecule has 0 N–H and O–H groups in total. The van der Waals surface area contributed by atoms with Crippen molar-refractivity contribution >= 4 is 21.6 Å². The molecule has 18 heavy (non-hydrogen) atoms. The summed E-state index contributed by atoms with van der Waals surface area (Å²) in [7, 11) is 0. The summed E-state index contributed by atoms with van der Waals surface area (Å²) >= 11 is 3.37. The maximum Gasteiger partial charge on any atom is 0.270 e. The van der Waals surface area contributed by atoms with Crippen LogP contribution in [0.15, 0.2) is 35.1 Å². The van der Waals surface area contributed by atoms with Crippen molar-refractivity contribution in [2.45, 2.75) is 19.9 Å². The number of aryl methyl sites for hydroxylation is 1. The average molecular weight is 310 g/mol. The van der Waals surface area contributed by atoms with Gasteiger partial charge in [-0.05, 0) is 11.6 Å². The van der Waals surface area contributed by atoms with Crippen LogP contribution in [-0.4, -0.2) is 14.5 Å². The molecule has 0 atom stereocenters. The molecule has 0 aliphatic heterocycles. The molecule has 1 aromatic heterocycles. The molecule has 0 amide bonds. The molecule has 0 spiro atoms. The Morgan fingerprint density at radius 2 is 2.28 bits per heavy atom. The minimum absolute atomic E-state index is 0.0898. The molecule has 0 fully saturated rings. The van der Waals surface area contributed by atoms with Gasteiger partial charge in [-0.2, -0.15) is 0 Å². The molecule has 2 rings (SSSR count). The summed E-state index contributed by atoms with van der Waals surface area (Å²) < 4.78 is 2.78. The predicted molar refractivity (Wildman–Crippen MR) is 71.5 cm³/mol. The summed E-state index contributed by atoms with van der Waals surface area (Å²) in [6.07, 6.45) is 4.53. The lowest BCUT2D eigenvalue weighted by molar-refractivity contribution is -0.384. The molecular weight excluding hydrogens is 298 g/mol. The zero-order valence-corrected chi connectivity index (χ0v) is 11.4. The van der Waals surface area contributed by atoms with E-state index < -0.39 is 4.92 Å². The quantitative estimate of drug-likeness (QED) is 0.644. The Labute approximate surface area is 113 Å². The van der Waals surface area contributed by atoms with Crippen LogP contribution in [0.3, 0.4) is 0 Å². The van der Waals surface area contributed by atoms with Gasteiger partial charge in [0.05, 0.1) is 4.92 Å². The number of nitro benzene ring substituents is 1. The minimum Gasteiger partial charge on any atom is -0.330 e. The highest BCUT2D eigenvalue weighted by Crippen LogP contribution is 2.24. The van der Waals surface area contributed by atoms with Crippen LogP contribution in [0.4, 0.5) is 5.69 Å². The molecule has 0 saturated carbocycles.